The summed E-state index contributed by atoms with van der Waals surface area (Å²) >= 11 is 0. The topological polar surface area (TPSA) is 32.3 Å². The molecule has 0 fully saturated rings. The molecule has 0 aliphatic carbocycles. The highest BCUT2D eigenvalue weighted by Crippen LogP contribution is 2.36. The van der Waals surface area contributed by atoms with Crippen LogP contribution >= 0.6 is 0 Å². The largest absolute Gasteiger partial charge is 0.360 e. The van der Waals surface area contributed by atoms with Gasteiger partial charge in [-0.1, -0.05) is 60.2 Å². The third kappa shape index (κ3) is 2.44. The number of fused-ring (bicyclic) bond motifs is 1. The molecule has 1 atom stereocenters. The predicted octanol–water partition coefficient (Wildman–Crippen LogP) is 4.77. The summed E-state index contributed by atoms with van der Waals surface area (Å²) in [6.45, 7) is 2.05. The zero-order valence-corrected chi connectivity index (χ0v) is 13.4. The van der Waals surface area contributed by atoms with Crippen molar-refractivity contribution in [1.29, 1.82) is 0 Å². The van der Waals surface area contributed by atoms with Gasteiger partial charge in [0.05, 0.1) is 5.56 Å². The van der Waals surface area contributed by atoms with Crippen LogP contribution in [0.5, 0.6) is 0 Å². The molecule has 0 saturated carbocycles. The second-order valence-electron chi connectivity index (χ2n) is 6.01. The summed E-state index contributed by atoms with van der Waals surface area (Å²) in [5.41, 5.74) is 4.69. The monoisotopic (exact) mass is 314 g/mol. The maximum atomic E-state index is 13.2. The SMILES string of the molecule is Cc1ccc(N2C(=O)c3ccccc3N[C@@H]2c2ccccc2)cc1. The number of amides is 1. The number of nitrogens with zero attached hydrogens (tertiary/aromatic N) is 1. The van der Waals surface area contributed by atoms with Crippen LogP contribution in [0.2, 0.25) is 0 Å². The molecule has 3 aromatic carbocycles. The fourth-order valence-electron chi connectivity index (χ4n) is 3.09. The normalized spacial score (nSPS) is 16.5. The Bertz CT molecular complexity index is 872. The van der Waals surface area contributed by atoms with Gasteiger partial charge in [-0.25, -0.2) is 0 Å². The van der Waals surface area contributed by atoms with Crippen molar-refractivity contribution in [1.82, 2.24) is 0 Å². The van der Waals surface area contributed by atoms with Crippen LogP contribution < -0.4 is 10.2 Å². The van der Waals surface area contributed by atoms with Crippen molar-refractivity contribution in [3.8, 4) is 0 Å². The highest BCUT2D eigenvalue weighted by molar-refractivity contribution is 6.12. The quantitative estimate of drug-likeness (QED) is 0.739. The van der Waals surface area contributed by atoms with Gasteiger partial charge in [-0.2, -0.15) is 0 Å². The van der Waals surface area contributed by atoms with Crippen molar-refractivity contribution in [2.75, 3.05) is 10.2 Å². The third-order valence-corrected chi connectivity index (χ3v) is 4.35. The van der Waals surface area contributed by atoms with Crippen molar-refractivity contribution in [2.45, 2.75) is 13.1 Å². The fraction of sp³-hybridized carbons (Fsp3) is 0.0952. The van der Waals surface area contributed by atoms with Crippen LogP contribution in [0.3, 0.4) is 0 Å². The highest BCUT2D eigenvalue weighted by Gasteiger charge is 2.33. The first-order chi connectivity index (χ1) is 11.7. The molecule has 1 aliphatic rings. The second kappa shape index (κ2) is 5.85. The van der Waals surface area contributed by atoms with Gasteiger partial charge in [0.1, 0.15) is 6.17 Å². The van der Waals surface area contributed by atoms with Crippen LogP contribution in [0.4, 0.5) is 11.4 Å². The summed E-state index contributed by atoms with van der Waals surface area (Å²) in [7, 11) is 0. The van der Waals surface area contributed by atoms with Gasteiger partial charge in [-0.05, 0) is 36.8 Å². The third-order valence-electron chi connectivity index (χ3n) is 4.35. The van der Waals surface area contributed by atoms with E-state index in [0.717, 1.165) is 16.9 Å². The first-order valence-electron chi connectivity index (χ1n) is 8.05. The Balaban J connectivity index is 1.86. The van der Waals surface area contributed by atoms with Crippen molar-refractivity contribution >= 4 is 17.3 Å². The lowest BCUT2D eigenvalue weighted by atomic mass is 10.0. The van der Waals surface area contributed by atoms with Crippen LogP contribution in [0, 0.1) is 6.92 Å². The van der Waals surface area contributed by atoms with Crippen molar-refractivity contribution in [3.05, 3.63) is 95.6 Å². The zero-order valence-electron chi connectivity index (χ0n) is 13.4. The van der Waals surface area contributed by atoms with E-state index in [1.54, 1.807) is 0 Å². The maximum Gasteiger partial charge on any atom is 0.262 e. The van der Waals surface area contributed by atoms with E-state index < -0.39 is 0 Å². The molecule has 118 valence electrons. The first-order valence-corrected chi connectivity index (χ1v) is 8.05. The molecule has 0 spiro atoms. The Hall–Kier alpha value is -3.07. The molecule has 1 N–H and O–H groups in total. The molecule has 3 aromatic rings. The molecule has 0 saturated heterocycles. The molecule has 0 aromatic heterocycles. The van der Waals surface area contributed by atoms with E-state index in [0.29, 0.717) is 5.56 Å². The van der Waals surface area contributed by atoms with E-state index in [1.807, 2.05) is 90.7 Å². The van der Waals surface area contributed by atoms with Crippen LogP contribution in [0.25, 0.3) is 0 Å². The molecule has 24 heavy (non-hydrogen) atoms. The van der Waals surface area contributed by atoms with E-state index in [2.05, 4.69) is 5.32 Å². The molecule has 0 bridgehead atoms. The number of hydrogen-bond acceptors (Lipinski definition) is 2. The van der Waals surface area contributed by atoms with Gasteiger partial charge >= 0.3 is 0 Å². The lowest BCUT2D eigenvalue weighted by Crippen LogP contribution is -2.43. The first kappa shape index (κ1) is 14.5. The Morgan fingerprint density at radius 1 is 0.833 bits per heavy atom. The number of hydrogen-bond donors (Lipinski definition) is 1. The van der Waals surface area contributed by atoms with E-state index in [4.69, 9.17) is 0 Å². The average molecular weight is 314 g/mol. The number of nitrogens with one attached hydrogen (secondary N) is 1. The summed E-state index contributed by atoms with van der Waals surface area (Å²) in [6, 6.07) is 25.8. The van der Waals surface area contributed by atoms with Gasteiger partial charge in [0.2, 0.25) is 0 Å². The van der Waals surface area contributed by atoms with Crippen molar-refractivity contribution in [2.24, 2.45) is 0 Å². The Morgan fingerprint density at radius 3 is 2.25 bits per heavy atom. The number of benzene rings is 3. The van der Waals surface area contributed by atoms with Crippen molar-refractivity contribution in [3.63, 3.8) is 0 Å². The molecule has 4 rings (SSSR count). The number of carbonyl (C=O) groups excluding carboxylic acids is 1. The Kier molecular flexibility index (Phi) is 3.54. The van der Waals surface area contributed by atoms with Gasteiger partial charge < -0.3 is 5.32 Å². The molecule has 0 radical (unpaired) electrons. The van der Waals surface area contributed by atoms with Crippen LogP contribution in [0.1, 0.15) is 27.7 Å². The highest BCUT2D eigenvalue weighted by atomic mass is 16.2. The summed E-state index contributed by atoms with van der Waals surface area (Å²) in [6.07, 6.45) is -0.226. The Labute approximate surface area is 141 Å². The van der Waals surface area contributed by atoms with Gasteiger partial charge in [0.15, 0.2) is 0 Å². The van der Waals surface area contributed by atoms with Crippen molar-refractivity contribution < 1.29 is 4.79 Å². The molecule has 3 nitrogen and oxygen atoms in total. The fourth-order valence-corrected chi connectivity index (χ4v) is 3.09. The molecular weight excluding hydrogens is 296 g/mol. The standard InChI is InChI=1S/C21H18N2O/c1-15-11-13-17(14-12-15)23-20(16-7-3-2-4-8-16)22-19-10-6-5-9-18(19)21(23)24/h2-14,20,22H,1H3/t20-/m0/s1. The lowest BCUT2D eigenvalue weighted by molar-refractivity contribution is 0.0975. The molecule has 1 amide bonds. The number of rotatable bonds is 2. The number of anilines is 2. The minimum Gasteiger partial charge on any atom is -0.360 e. The minimum atomic E-state index is -0.226. The molecule has 3 heteroatoms. The number of aryl methyl sites for hydroxylation is 1. The maximum absolute atomic E-state index is 13.2. The molecule has 1 aliphatic heterocycles. The lowest BCUT2D eigenvalue weighted by Gasteiger charge is -2.38. The minimum absolute atomic E-state index is 0.0158. The molecule has 0 unspecified atom stereocenters. The zero-order chi connectivity index (χ0) is 16.5. The summed E-state index contributed by atoms with van der Waals surface area (Å²) < 4.78 is 0. The van der Waals surface area contributed by atoms with Crippen LogP contribution in [-0.2, 0) is 0 Å². The van der Waals surface area contributed by atoms with Crippen LogP contribution in [-0.4, -0.2) is 5.91 Å². The summed E-state index contributed by atoms with van der Waals surface area (Å²) in [4.78, 5) is 15.0. The summed E-state index contributed by atoms with van der Waals surface area (Å²) in [5, 5.41) is 3.51. The average Bonchev–Trinajstić information content (AvgIpc) is 2.63. The van der Waals surface area contributed by atoms with Gasteiger partial charge in [-0.15, -0.1) is 0 Å². The Morgan fingerprint density at radius 2 is 1.50 bits per heavy atom. The van der Waals surface area contributed by atoms with E-state index >= 15 is 0 Å². The molecule has 1 heterocycles. The van der Waals surface area contributed by atoms with E-state index in [-0.39, 0.29) is 12.1 Å². The molecular formula is C21H18N2O. The second-order valence-corrected chi connectivity index (χ2v) is 6.01. The number of para-hydroxylation sites is 1. The van der Waals surface area contributed by atoms with E-state index in [1.165, 1.54) is 5.56 Å². The van der Waals surface area contributed by atoms with E-state index in [9.17, 15) is 4.79 Å². The van der Waals surface area contributed by atoms with Gasteiger partial charge in [0, 0.05) is 11.4 Å². The van der Waals surface area contributed by atoms with Gasteiger partial charge in [-0.3, -0.25) is 9.69 Å². The number of carbonyl (C=O) groups is 1. The predicted molar refractivity (Wildman–Crippen MR) is 97.2 cm³/mol. The summed E-state index contributed by atoms with van der Waals surface area (Å²) in [5.74, 6) is 0.0158. The smallest absolute Gasteiger partial charge is 0.262 e. The van der Waals surface area contributed by atoms with Gasteiger partial charge in [0.25, 0.3) is 5.91 Å². The van der Waals surface area contributed by atoms with Crippen LogP contribution in [0.15, 0.2) is 78.9 Å².